The van der Waals surface area contributed by atoms with Gasteiger partial charge < -0.3 is 15.4 Å². The average Bonchev–Trinajstić information content (AvgIpc) is 2.64. The number of nitrogens with zero attached hydrogens (tertiary/aromatic N) is 1. The van der Waals surface area contributed by atoms with Crippen LogP contribution in [-0.4, -0.2) is 23.4 Å². The highest BCUT2D eigenvalue weighted by molar-refractivity contribution is 6.04. The van der Waals surface area contributed by atoms with Crippen LogP contribution in [0.25, 0.3) is 0 Å². The number of carbonyl (C=O) groups is 2. The first-order valence-electron chi connectivity index (χ1n) is 8.42. The van der Waals surface area contributed by atoms with Gasteiger partial charge in [-0.3, -0.25) is 9.59 Å². The smallest absolute Gasteiger partial charge is 0.255 e. The van der Waals surface area contributed by atoms with Gasteiger partial charge in [0.25, 0.3) is 5.91 Å². The second-order valence-electron chi connectivity index (χ2n) is 5.52. The van der Waals surface area contributed by atoms with Crippen molar-refractivity contribution in [3.05, 3.63) is 48.2 Å². The third-order valence-electron chi connectivity index (χ3n) is 3.49. The van der Waals surface area contributed by atoms with Crippen LogP contribution in [0.3, 0.4) is 0 Å². The summed E-state index contributed by atoms with van der Waals surface area (Å²) in [6.45, 7) is 4.51. The zero-order valence-electron chi connectivity index (χ0n) is 14.5. The fourth-order valence-electron chi connectivity index (χ4n) is 2.02. The molecule has 0 aliphatic rings. The molecule has 2 amide bonds. The summed E-state index contributed by atoms with van der Waals surface area (Å²) in [5.41, 5.74) is 1.76. The summed E-state index contributed by atoms with van der Waals surface area (Å²) in [5.74, 6) is 0.238. The number of anilines is 2. The van der Waals surface area contributed by atoms with Gasteiger partial charge in [0.2, 0.25) is 11.8 Å². The second-order valence-corrected chi connectivity index (χ2v) is 5.52. The van der Waals surface area contributed by atoms with E-state index in [1.54, 1.807) is 49.5 Å². The van der Waals surface area contributed by atoms with Gasteiger partial charge in [0.05, 0.1) is 18.5 Å². The molecule has 0 aliphatic carbocycles. The molecule has 25 heavy (non-hydrogen) atoms. The number of unbranched alkanes of at least 4 members (excludes halogenated alkanes) is 1. The minimum absolute atomic E-state index is 0.0653. The lowest BCUT2D eigenvalue weighted by Crippen LogP contribution is -2.13. The summed E-state index contributed by atoms with van der Waals surface area (Å²) in [6, 6.07) is 10.2. The Morgan fingerprint density at radius 2 is 1.72 bits per heavy atom. The molecule has 0 radical (unpaired) electrons. The number of ether oxygens (including phenoxy) is 1. The Kier molecular flexibility index (Phi) is 6.95. The Labute approximate surface area is 147 Å². The number of rotatable bonds is 8. The summed E-state index contributed by atoms with van der Waals surface area (Å²) < 4.78 is 5.49. The molecule has 0 bridgehead atoms. The molecule has 0 saturated carbocycles. The van der Waals surface area contributed by atoms with Crippen molar-refractivity contribution in [2.24, 2.45) is 0 Å². The lowest BCUT2D eigenvalue weighted by atomic mass is 10.2. The van der Waals surface area contributed by atoms with Crippen LogP contribution < -0.4 is 15.4 Å². The van der Waals surface area contributed by atoms with E-state index in [1.807, 2.05) is 0 Å². The van der Waals surface area contributed by atoms with E-state index in [-0.39, 0.29) is 11.8 Å². The zero-order valence-corrected chi connectivity index (χ0v) is 14.5. The van der Waals surface area contributed by atoms with Crippen molar-refractivity contribution in [2.45, 2.75) is 33.1 Å². The molecule has 2 rings (SSSR count). The highest BCUT2D eigenvalue weighted by Crippen LogP contribution is 2.15. The van der Waals surface area contributed by atoms with Crippen LogP contribution in [0.15, 0.2) is 42.6 Å². The van der Waals surface area contributed by atoms with E-state index in [0.29, 0.717) is 35.8 Å². The molecule has 6 heteroatoms. The highest BCUT2D eigenvalue weighted by atomic mass is 16.5. The van der Waals surface area contributed by atoms with Gasteiger partial charge in [-0.15, -0.1) is 0 Å². The minimum atomic E-state index is -0.241. The van der Waals surface area contributed by atoms with Crippen LogP contribution in [0.2, 0.25) is 0 Å². The van der Waals surface area contributed by atoms with E-state index in [0.717, 1.165) is 12.8 Å². The predicted octanol–water partition coefficient (Wildman–Crippen LogP) is 3.86. The number of hydrogen-bond donors (Lipinski definition) is 2. The van der Waals surface area contributed by atoms with E-state index in [2.05, 4.69) is 22.5 Å². The monoisotopic (exact) mass is 341 g/mol. The SMILES string of the molecule is CCCCOc1ccc(NC(=O)c2ccc(NC(=O)CC)cc2)cn1. The number of benzene rings is 1. The molecule has 0 aliphatic heterocycles. The summed E-state index contributed by atoms with van der Waals surface area (Å²) in [4.78, 5) is 27.8. The molecule has 0 saturated heterocycles. The van der Waals surface area contributed by atoms with Crippen molar-refractivity contribution in [1.82, 2.24) is 4.98 Å². The van der Waals surface area contributed by atoms with Crippen LogP contribution in [0.1, 0.15) is 43.5 Å². The summed E-state index contributed by atoms with van der Waals surface area (Å²) in [6.07, 6.45) is 4.02. The summed E-state index contributed by atoms with van der Waals surface area (Å²) >= 11 is 0. The third-order valence-corrected chi connectivity index (χ3v) is 3.49. The molecule has 0 atom stereocenters. The average molecular weight is 341 g/mol. The first-order chi connectivity index (χ1) is 12.1. The number of hydrogen-bond acceptors (Lipinski definition) is 4. The molecule has 2 aromatic rings. The molecule has 0 fully saturated rings. The van der Waals surface area contributed by atoms with E-state index < -0.39 is 0 Å². The van der Waals surface area contributed by atoms with Crippen molar-refractivity contribution in [2.75, 3.05) is 17.2 Å². The molecule has 1 heterocycles. The van der Waals surface area contributed by atoms with Crippen LogP contribution in [0.5, 0.6) is 5.88 Å². The third kappa shape index (κ3) is 5.91. The largest absolute Gasteiger partial charge is 0.478 e. The van der Waals surface area contributed by atoms with Crippen LogP contribution in [0.4, 0.5) is 11.4 Å². The normalized spacial score (nSPS) is 10.2. The van der Waals surface area contributed by atoms with Gasteiger partial charge in [-0.25, -0.2) is 4.98 Å². The van der Waals surface area contributed by atoms with Crippen molar-refractivity contribution >= 4 is 23.2 Å². The molecule has 1 aromatic carbocycles. The Morgan fingerprint density at radius 3 is 2.32 bits per heavy atom. The second kappa shape index (κ2) is 9.42. The molecular formula is C19H23N3O3. The number of amides is 2. The van der Waals surface area contributed by atoms with Crippen molar-refractivity contribution in [3.63, 3.8) is 0 Å². The lowest BCUT2D eigenvalue weighted by Gasteiger charge is -2.08. The van der Waals surface area contributed by atoms with Gasteiger partial charge in [0, 0.05) is 23.7 Å². The summed E-state index contributed by atoms with van der Waals surface area (Å²) in [7, 11) is 0. The Bertz CT molecular complexity index is 697. The standard InChI is InChI=1S/C19H23N3O3/c1-3-5-12-25-18-11-10-16(13-20-18)22-19(24)14-6-8-15(9-7-14)21-17(23)4-2/h6-11,13H,3-5,12H2,1-2H3,(H,21,23)(H,22,24). The maximum atomic E-state index is 12.2. The molecule has 2 N–H and O–H groups in total. The first-order valence-corrected chi connectivity index (χ1v) is 8.42. The molecule has 0 spiro atoms. The van der Waals surface area contributed by atoms with Crippen LogP contribution in [0, 0.1) is 0 Å². The topological polar surface area (TPSA) is 80.3 Å². The zero-order chi connectivity index (χ0) is 18.1. The van der Waals surface area contributed by atoms with E-state index in [1.165, 1.54) is 0 Å². The van der Waals surface area contributed by atoms with Crippen molar-refractivity contribution in [3.8, 4) is 5.88 Å². The molecule has 0 unspecified atom stereocenters. The number of aromatic nitrogens is 1. The Morgan fingerprint density at radius 1 is 1.00 bits per heavy atom. The van der Waals surface area contributed by atoms with Gasteiger partial charge in [0.1, 0.15) is 0 Å². The van der Waals surface area contributed by atoms with Gasteiger partial charge in [-0.1, -0.05) is 20.3 Å². The van der Waals surface area contributed by atoms with Gasteiger partial charge >= 0.3 is 0 Å². The number of pyridine rings is 1. The van der Waals surface area contributed by atoms with Crippen LogP contribution >= 0.6 is 0 Å². The Hall–Kier alpha value is -2.89. The fourth-order valence-corrected chi connectivity index (χ4v) is 2.02. The predicted molar refractivity (Wildman–Crippen MR) is 98.0 cm³/mol. The van der Waals surface area contributed by atoms with Gasteiger partial charge in [-0.2, -0.15) is 0 Å². The number of carbonyl (C=O) groups excluding carboxylic acids is 2. The van der Waals surface area contributed by atoms with Crippen LogP contribution in [-0.2, 0) is 4.79 Å². The quantitative estimate of drug-likeness (QED) is 0.715. The van der Waals surface area contributed by atoms with E-state index in [4.69, 9.17) is 4.74 Å². The number of nitrogens with one attached hydrogen (secondary N) is 2. The fraction of sp³-hybridized carbons (Fsp3) is 0.316. The lowest BCUT2D eigenvalue weighted by molar-refractivity contribution is -0.115. The van der Waals surface area contributed by atoms with Crippen molar-refractivity contribution in [1.29, 1.82) is 0 Å². The van der Waals surface area contributed by atoms with E-state index >= 15 is 0 Å². The van der Waals surface area contributed by atoms with Gasteiger partial charge in [0.15, 0.2) is 0 Å². The molecular weight excluding hydrogens is 318 g/mol. The highest BCUT2D eigenvalue weighted by Gasteiger charge is 2.07. The van der Waals surface area contributed by atoms with Crippen molar-refractivity contribution < 1.29 is 14.3 Å². The maximum absolute atomic E-state index is 12.2. The molecule has 6 nitrogen and oxygen atoms in total. The molecule has 132 valence electrons. The molecule has 1 aromatic heterocycles. The minimum Gasteiger partial charge on any atom is -0.478 e. The summed E-state index contributed by atoms with van der Waals surface area (Å²) in [5, 5.41) is 5.52. The first kappa shape index (κ1) is 18.4. The van der Waals surface area contributed by atoms with Gasteiger partial charge in [-0.05, 0) is 36.8 Å². The van der Waals surface area contributed by atoms with E-state index in [9.17, 15) is 9.59 Å². The maximum Gasteiger partial charge on any atom is 0.255 e. The Balaban J connectivity index is 1.91.